The van der Waals surface area contributed by atoms with E-state index in [1.165, 1.54) is 33.5 Å². The molecule has 2 N–H and O–H groups in total. The minimum absolute atomic E-state index is 0.132. The van der Waals surface area contributed by atoms with Crippen molar-refractivity contribution in [2.75, 3.05) is 21.3 Å². The molecule has 0 spiro atoms. The molecule has 1 heterocycles. The molecule has 1 aliphatic rings. The molecule has 7 nitrogen and oxygen atoms in total. The lowest BCUT2D eigenvalue weighted by atomic mass is 9.88. The molecule has 0 fully saturated rings. The zero-order valence-electron chi connectivity index (χ0n) is 14.0. The van der Waals surface area contributed by atoms with Crippen molar-refractivity contribution in [1.29, 1.82) is 0 Å². The fraction of sp³-hybridized carbons (Fsp3) is 0.278. The van der Waals surface area contributed by atoms with Crippen molar-refractivity contribution in [3.63, 3.8) is 0 Å². The first-order valence-electron chi connectivity index (χ1n) is 7.55. The summed E-state index contributed by atoms with van der Waals surface area (Å²) in [6.45, 7) is 0. The third-order valence-electron chi connectivity index (χ3n) is 4.18. The molecule has 0 aliphatic carbocycles. The van der Waals surface area contributed by atoms with E-state index >= 15 is 0 Å². The number of aromatic hydroxyl groups is 2. The summed E-state index contributed by atoms with van der Waals surface area (Å²) < 4.78 is 21.2. The van der Waals surface area contributed by atoms with Gasteiger partial charge in [0.2, 0.25) is 0 Å². The summed E-state index contributed by atoms with van der Waals surface area (Å²) in [6.07, 6.45) is 0.201. The number of fused-ring (bicyclic) bond motifs is 1. The highest BCUT2D eigenvalue weighted by Crippen LogP contribution is 2.45. The summed E-state index contributed by atoms with van der Waals surface area (Å²) in [4.78, 5) is 12.5. The Balaban J connectivity index is 2.09. The maximum atomic E-state index is 12.5. The largest absolute Gasteiger partial charge is 0.508 e. The standard InChI is InChI=1S/C18H18O7/c1-22-14-8-17(24-3)16(23-2)7-10(14)11-6-12-13(20)4-9(19)5-15(12)25-18(11)21/h4-5,7-8,11,19-20H,6H2,1-3H3. The fourth-order valence-electron chi connectivity index (χ4n) is 2.94. The van der Waals surface area contributed by atoms with E-state index in [9.17, 15) is 15.0 Å². The smallest absolute Gasteiger partial charge is 0.319 e. The van der Waals surface area contributed by atoms with E-state index in [1.807, 2.05) is 0 Å². The van der Waals surface area contributed by atoms with Crippen LogP contribution in [-0.2, 0) is 11.2 Å². The summed E-state index contributed by atoms with van der Waals surface area (Å²) in [5.41, 5.74) is 1.00. The van der Waals surface area contributed by atoms with E-state index in [4.69, 9.17) is 18.9 Å². The van der Waals surface area contributed by atoms with Gasteiger partial charge in [0, 0.05) is 29.3 Å². The van der Waals surface area contributed by atoms with Crippen molar-refractivity contribution >= 4 is 5.97 Å². The number of ether oxygens (including phenoxy) is 4. The Kier molecular flexibility index (Phi) is 4.31. The SMILES string of the molecule is COc1cc(OC)c(C2Cc3c(O)cc(O)cc3OC2=O)cc1OC. The lowest BCUT2D eigenvalue weighted by Crippen LogP contribution is -2.26. The van der Waals surface area contributed by atoms with Gasteiger partial charge in [-0.2, -0.15) is 0 Å². The van der Waals surface area contributed by atoms with E-state index in [0.717, 1.165) is 0 Å². The monoisotopic (exact) mass is 346 g/mol. The highest BCUT2D eigenvalue weighted by atomic mass is 16.5. The molecule has 0 saturated heterocycles. The number of benzene rings is 2. The van der Waals surface area contributed by atoms with Crippen LogP contribution in [0.4, 0.5) is 0 Å². The van der Waals surface area contributed by atoms with Crippen LogP contribution in [0.1, 0.15) is 17.0 Å². The molecule has 0 amide bonds. The first kappa shape index (κ1) is 16.8. The number of hydrogen-bond acceptors (Lipinski definition) is 7. The molecule has 2 aromatic rings. The Hall–Kier alpha value is -3.09. The maximum Gasteiger partial charge on any atom is 0.319 e. The van der Waals surface area contributed by atoms with Gasteiger partial charge in [0.25, 0.3) is 0 Å². The van der Waals surface area contributed by atoms with E-state index in [1.54, 1.807) is 12.1 Å². The molecule has 3 rings (SSSR count). The number of rotatable bonds is 4. The zero-order chi connectivity index (χ0) is 18.1. The molecule has 25 heavy (non-hydrogen) atoms. The number of phenolic OH excluding ortho intramolecular Hbond substituents is 2. The van der Waals surface area contributed by atoms with Gasteiger partial charge in [0.1, 0.15) is 23.0 Å². The van der Waals surface area contributed by atoms with Crippen molar-refractivity contribution in [3.8, 4) is 34.5 Å². The maximum absolute atomic E-state index is 12.5. The van der Waals surface area contributed by atoms with Crippen LogP contribution in [0.2, 0.25) is 0 Å². The molecule has 1 aliphatic heterocycles. The van der Waals surface area contributed by atoms with Gasteiger partial charge >= 0.3 is 5.97 Å². The average Bonchev–Trinajstić information content (AvgIpc) is 2.59. The highest BCUT2D eigenvalue weighted by molar-refractivity contribution is 5.85. The van der Waals surface area contributed by atoms with Gasteiger partial charge in [-0.05, 0) is 12.5 Å². The number of carbonyl (C=O) groups is 1. The molecular weight excluding hydrogens is 328 g/mol. The number of methoxy groups -OCH3 is 3. The van der Waals surface area contributed by atoms with Gasteiger partial charge in [-0.15, -0.1) is 0 Å². The summed E-state index contributed by atoms with van der Waals surface area (Å²) in [5, 5.41) is 19.6. The Morgan fingerprint density at radius 1 is 0.960 bits per heavy atom. The van der Waals surface area contributed by atoms with Crippen LogP contribution in [0.15, 0.2) is 24.3 Å². The van der Waals surface area contributed by atoms with Crippen LogP contribution in [0.3, 0.4) is 0 Å². The van der Waals surface area contributed by atoms with Gasteiger partial charge in [-0.25, -0.2) is 0 Å². The van der Waals surface area contributed by atoms with Crippen molar-refractivity contribution < 1.29 is 34.0 Å². The topological polar surface area (TPSA) is 94.5 Å². The summed E-state index contributed by atoms with van der Waals surface area (Å²) in [6, 6.07) is 5.80. The summed E-state index contributed by atoms with van der Waals surface area (Å²) >= 11 is 0. The third-order valence-corrected chi connectivity index (χ3v) is 4.18. The van der Waals surface area contributed by atoms with Gasteiger partial charge in [0.05, 0.1) is 27.2 Å². The first-order chi connectivity index (χ1) is 12.0. The normalized spacial score (nSPS) is 16.0. The molecule has 7 heteroatoms. The third kappa shape index (κ3) is 2.88. The Bertz CT molecular complexity index is 829. The Morgan fingerprint density at radius 2 is 1.60 bits per heavy atom. The predicted molar refractivity (Wildman–Crippen MR) is 87.9 cm³/mol. The predicted octanol–water partition coefficient (Wildman–Crippen LogP) is 2.37. The van der Waals surface area contributed by atoms with Crippen LogP contribution in [0.5, 0.6) is 34.5 Å². The second-order valence-electron chi connectivity index (χ2n) is 5.57. The Labute approximate surface area is 144 Å². The number of esters is 1. The minimum Gasteiger partial charge on any atom is -0.508 e. The van der Waals surface area contributed by atoms with E-state index in [-0.39, 0.29) is 23.7 Å². The molecule has 0 aromatic heterocycles. The minimum atomic E-state index is -0.697. The van der Waals surface area contributed by atoms with Crippen LogP contribution in [-0.4, -0.2) is 37.5 Å². The number of hydrogen-bond donors (Lipinski definition) is 2. The van der Waals surface area contributed by atoms with Gasteiger partial charge in [0.15, 0.2) is 11.5 Å². The van der Waals surface area contributed by atoms with Gasteiger partial charge in [-0.3, -0.25) is 4.79 Å². The van der Waals surface area contributed by atoms with Crippen LogP contribution < -0.4 is 18.9 Å². The lowest BCUT2D eigenvalue weighted by Gasteiger charge is -2.26. The van der Waals surface area contributed by atoms with E-state index in [2.05, 4.69) is 0 Å². The fourth-order valence-corrected chi connectivity index (χ4v) is 2.94. The average molecular weight is 346 g/mol. The molecule has 1 atom stereocenters. The lowest BCUT2D eigenvalue weighted by molar-refractivity contribution is -0.137. The summed E-state index contributed by atoms with van der Waals surface area (Å²) in [5.74, 6) is 0.00522. The van der Waals surface area contributed by atoms with Crippen LogP contribution in [0, 0.1) is 0 Å². The quantitative estimate of drug-likeness (QED) is 0.648. The molecule has 1 unspecified atom stereocenters. The second kappa shape index (κ2) is 6.43. The Morgan fingerprint density at radius 3 is 2.24 bits per heavy atom. The number of phenols is 2. The molecular formula is C18H18O7. The summed E-state index contributed by atoms with van der Waals surface area (Å²) in [7, 11) is 4.49. The number of carbonyl (C=O) groups excluding carboxylic acids is 1. The van der Waals surface area contributed by atoms with E-state index in [0.29, 0.717) is 28.4 Å². The van der Waals surface area contributed by atoms with Gasteiger partial charge < -0.3 is 29.2 Å². The van der Waals surface area contributed by atoms with Gasteiger partial charge in [-0.1, -0.05) is 0 Å². The van der Waals surface area contributed by atoms with Crippen LogP contribution in [0.25, 0.3) is 0 Å². The van der Waals surface area contributed by atoms with Crippen LogP contribution >= 0.6 is 0 Å². The van der Waals surface area contributed by atoms with Crippen molar-refractivity contribution in [2.45, 2.75) is 12.3 Å². The molecule has 0 radical (unpaired) electrons. The van der Waals surface area contributed by atoms with Crippen molar-refractivity contribution in [1.82, 2.24) is 0 Å². The molecule has 2 aromatic carbocycles. The first-order valence-corrected chi connectivity index (χ1v) is 7.55. The highest BCUT2D eigenvalue weighted by Gasteiger charge is 2.34. The zero-order valence-corrected chi connectivity index (χ0v) is 14.0. The van der Waals surface area contributed by atoms with Crippen molar-refractivity contribution in [3.05, 3.63) is 35.4 Å². The van der Waals surface area contributed by atoms with Crippen molar-refractivity contribution in [2.24, 2.45) is 0 Å². The molecule has 132 valence electrons. The molecule has 0 bridgehead atoms. The molecule has 0 saturated carbocycles. The van der Waals surface area contributed by atoms with E-state index < -0.39 is 11.9 Å². The second-order valence-corrected chi connectivity index (χ2v) is 5.57.